The quantitative estimate of drug-likeness (QED) is 0.867. The van der Waals surface area contributed by atoms with Gasteiger partial charge in [-0.15, -0.1) is 0 Å². The number of likely N-dealkylation sites (tertiary alicyclic amines) is 1. The number of aliphatic carboxylic acids is 1. The van der Waals surface area contributed by atoms with Gasteiger partial charge in [-0.2, -0.15) is 13.2 Å². The minimum atomic E-state index is -4.44. The molecule has 1 aliphatic heterocycles. The highest BCUT2D eigenvalue weighted by atomic mass is 19.4. The Balaban J connectivity index is 2.07. The van der Waals surface area contributed by atoms with Crippen molar-refractivity contribution in [3.8, 4) is 0 Å². The average Bonchev–Trinajstić information content (AvgIpc) is 3.12. The highest BCUT2D eigenvalue weighted by Crippen LogP contribution is 2.37. The Hall–Kier alpha value is -1.47. The van der Waals surface area contributed by atoms with Crippen molar-refractivity contribution >= 4 is 12.0 Å². The third kappa shape index (κ3) is 3.41. The van der Waals surface area contributed by atoms with Crippen LogP contribution in [0.4, 0.5) is 18.0 Å². The molecule has 1 saturated heterocycles. The number of amides is 2. The fourth-order valence-corrected chi connectivity index (χ4v) is 2.76. The molecule has 2 fully saturated rings. The number of hydrogen-bond donors (Lipinski definition) is 1. The number of carboxylic acids is 1. The number of carbonyl (C=O) groups excluding carboxylic acids is 1. The molecule has 8 heteroatoms. The molecule has 2 aliphatic rings. The molecule has 2 amide bonds. The lowest BCUT2D eigenvalue weighted by atomic mass is 9.84. The van der Waals surface area contributed by atoms with E-state index in [9.17, 15) is 27.9 Å². The lowest BCUT2D eigenvalue weighted by Crippen LogP contribution is -2.48. The first-order valence-corrected chi connectivity index (χ1v) is 7.04. The molecule has 2 rings (SSSR count). The summed E-state index contributed by atoms with van der Waals surface area (Å²) in [6.45, 7) is 0.633. The summed E-state index contributed by atoms with van der Waals surface area (Å²) in [6, 6.07) is -1.05. The van der Waals surface area contributed by atoms with Gasteiger partial charge in [0.05, 0.1) is 5.41 Å². The molecule has 0 aromatic heterocycles. The first-order chi connectivity index (χ1) is 9.68. The predicted molar refractivity (Wildman–Crippen MR) is 67.7 cm³/mol. The number of urea groups is 1. The van der Waals surface area contributed by atoms with Crippen LogP contribution in [0.25, 0.3) is 0 Å². The van der Waals surface area contributed by atoms with Crippen LogP contribution in [0.15, 0.2) is 0 Å². The van der Waals surface area contributed by atoms with Crippen molar-refractivity contribution < 1.29 is 27.9 Å². The van der Waals surface area contributed by atoms with Crippen LogP contribution >= 0.6 is 0 Å². The van der Waals surface area contributed by atoms with E-state index in [1.165, 1.54) is 4.90 Å². The molecular formula is C13H19F3N2O3. The number of alkyl halides is 3. The van der Waals surface area contributed by atoms with Crippen LogP contribution in [0, 0.1) is 5.41 Å². The van der Waals surface area contributed by atoms with E-state index in [2.05, 4.69) is 0 Å². The van der Waals surface area contributed by atoms with Crippen LogP contribution in [0.5, 0.6) is 0 Å². The molecular weight excluding hydrogens is 289 g/mol. The Kier molecular flexibility index (Phi) is 4.08. The number of nitrogens with zero attached hydrogens (tertiary/aromatic N) is 2. The third-order valence-electron chi connectivity index (χ3n) is 4.34. The van der Waals surface area contributed by atoms with Crippen LogP contribution in [0.1, 0.15) is 32.6 Å². The summed E-state index contributed by atoms with van der Waals surface area (Å²) in [6.07, 6.45) is -2.64. The number of carbonyl (C=O) groups is 2. The van der Waals surface area contributed by atoms with Crippen molar-refractivity contribution in [1.82, 2.24) is 9.80 Å². The molecule has 5 nitrogen and oxygen atoms in total. The van der Waals surface area contributed by atoms with Crippen LogP contribution in [0.3, 0.4) is 0 Å². The summed E-state index contributed by atoms with van der Waals surface area (Å²) < 4.78 is 37.7. The van der Waals surface area contributed by atoms with Gasteiger partial charge in [-0.1, -0.05) is 6.92 Å². The second-order valence-electron chi connectivity index (χ2n) is 5.87. The Morgan fingerprint density at radius 2 is 2.00 bits per heavy atom. The van der Waals surface area contributed by atoms with Gasteiger partial charge in [0.25, 0.3) is 0 Å². The smallest absolute Gasteiger partial charge is 0.406 e. The highest BCUT2D eigenvalue weighted by Gasteiger charge is 2.48. The van der Waals surface area contributed by atoms with Crippen molar-refractivity contribution in [1.29, 1.82) is 0 Å². The van der Waals surface area contributed by atoms with Crippen LogP contribution in [0.2, 0.25) is 0 Å². The fraction of sp³-hybridized carbons (Fsp3) is 0.846. The second kappa shape index (κ2) is 5.38. The number of halogens is 3. The molecule has 21 heavy (non-hydrogen) atoms. The minimum Gasteiger partial charge on any atom is -0.481 e. The van der Waals surface area contributed by atoms with E-state index in [4.69, 9.17) is 0 Å². The largest absolute Gasteiger partial charge is 0.481 e. The molecule has 0 aromatic carbocycles. The van der Waals surface area contributed by atoms with Crippen molar-refractivity contribution in [3.63, 3.8) is 0 Å². The Labute approximate surface area is 120 Å². The standard InChI is InChI=1S/C13H19F3N2O3/c1-2-12(10(19)20)5-6-17(7-12)11(21)18(9-3-4-9)8-13(14,15)16/h9H,2-8H2,1H3,(H,19,20). The van der Waals surface area contributed by atoms with Gasteiger partial charge < -0.3 is 14.9 Å². The van der Waals surface area contributed by atoms with E-state index in [-0.39, 0.29) is 25.6 Å². The zero-order chi connectivity index (χ0) is 15.8. The van der Waals surface area contributed by atoms with Gasteiger partial charge in [-0.25, -0.2) is 4.79 Å². The van der Waals surface area contributed by atoms with Gasteiger partial charge in [0.2, 0.25) is 0 Å². The summed E-state index contributed by atoms with van der Waals surface area (Å²) in [4.78, 5) is 25.7. The molecule has 1 atom stereocenters. The Bertz CT molecular complexity index is 437. The van der Waals surface area contributed by atoms with Gasteiger partial charge >= 0.3 is 18.2 Å². The van der Waals surface area contributed by atoms with Gasteiger partial charge in [-0.05, 0) is 25.7 Å². The lowest BCUT2D eigenvalue weighted by molar-refractivity contribution is -0.148. The number of carboxylic acid groups (broad SMARTS) is 1. The molecule has 120 valence electrons. The SMILES string of the molecule is CCC1(C(=O)O)CCN(C(=O)N(CC(F)(F)F)C2CC2)C1. The molecule has 1 N–H and O–H groups in total. The number of hydrogen-bond acceptors (Lipinski definition) is 2. The lowest BCUT2D eigenvalue weighted by Gasteiger charge is -2.30. The second-order valence-corrected chi connectivity index (χ2v) is 5.87. The highest BCUT2D eigenvalue weighted by molar-refractivity contribution is 5.80. The molecule has 1 heterocycles. The average molecular weight is 308 g/mol. The summed E-state index contributed by atoms with van der Waals surface area (Å²) in [5.41, 5.74) is -1.02. The van der Waals surface area contributed by atoms with Crippen molar-refractivity contribution in [3.05, 3.63) is 0 Å². The summed E-state index contributed by atoms with van der Waals surface area (Å²) in [5.74, 6) is -0.992. The minimum absolute atomic E-state index is 0.0151. The summed E-state index contributed by atoms with van der Waals surface area (Å²) in [5, 5.41) is 9.28. The van der Waals surface area contributed by atoms with Crippen molar-refractivity contribution in [2.75, 3.05) is 19.6 Å². The normalized spacial score (nSPS) is 26.0. The predicted octanol–water partition coefficient (Wildman–Crippen LogP) is 2.32. The maximum atomic E-state index is 12.6. The van der Waals surface area contributed by atoms with E-state index >= 15 is 0 Å². The number of rotatable bonds is 4. The van der Waals surface area contributed by atoms with E-state index in [0.29, 0.717) is 19.3 Å². The monoisotopic (exact) mass is 308 g/mol. The fourth-order valence-electron chi connectivity index (χ4n) is 2.76. The van der Waals surface area contributed by atoms with E-state index in [1.807, 2.05) is 0 Å². The molecule has 0 aromatic rings. The van der Waals surface area contributed by atoms with Gasteiger partial charge in [0, 0.05) is 19.1 Å². The third-order valence-corrected chi connectivity index (χ3v) is 4.34. The van der Waals surface area contributed by atoms with Gasteiger partial charge in [0.15, 0.2) is 0 Å². The van der Waals surface area contributed by atoms with Crippen LogP contribution in [-0.4, -0.2) is 58.8 Å². The van der Waals surface area contributed by atoms with Crippen LogP contribution < -0.4 is 0 Å². The molecule has 0 spiro atoms. The van der Waals surface area contributed by atoms with Gasteiger partial charge in [0.1, 0.15) is 6.54 Å². The maximum absolute atomic E-state index is 12.6. The van der Waals surface area contributed by atoms with E-state index < -0.39 is 30.1 Å². The molecule has 1 unspecified atom stereocenters. The molecule has 0 bridgehead atoms. The van der Waals surface area contributed by atoms with Crippen molar-refractivity contribution in [2.45, 2.75) is 44.8 Å². The Morgan fingerprint density at radius 3 is 2.38 bits per heavy atom. The first kappa shape index (κ1) is 15.9. The molecule has 0 radical (unpaired) electrons. The van der Waals surface area contributed by atoms with Crippen molar-refractivity contribution in [2.24, 2.45) is 5.41 Å². The molecule has 1 aliphatic carbocycles. The maximum Gasteiger partial charge on any atom is 0.406 e. The summed E-state index contributed by atoms with van der Waals surface area (Å²) >= 11 is 0. The topological polar surface area (TPSA) is 60.9 Å². The van der Waals surface area contributed by atoms with Gasteiger partial charge in [-0.3, -0.25) is 4.79 Å². The summed E-state index contributed by atoms with van der Waals surface area (Å²) in [7, 11) is 0. The van der Waals surface area contributed by atoms with E-state index in [1.54, 1.807) is 6.92 Å². The first-order valence-electron chi connectivity index (χ1n) is 7.04. The Morgan fingerprint density at radius 1 is 1.38 bits per heavy atom. The zero-order valence-corrected chi connectivity index (χ0v) is 11.8. The van der Waals surface area contributed by atoms with Crippen LogP contribution in [-0.2, 0) is 4.79 Å². The van der Waals surface area contributed by atoms with E-state index in [0.717, 1.165) is 4.90 Å². The zero-order valence-electron chi connectivity index (χ0n) is 11.8. The molecule has 1 saturated carbocycles.